The topological polar surface area (TPSA) is 91.5 Å². The average Bonchev–Trinajstić information content (AvgIpc) is 2.93. The molecule has 0 aliphatic heterocycles. The summed E-state index contributed by atoms with van der Waals surface area (Å²) in [5.41, 5.74) is 19.2. The van der Waals surface area contributed by atoms with Gasteiger partial charge in [-0.3, -0.25) is 5.41 Å². The number of nitrogens with zero attached hydrogens (tertiary/aromatic N) is 2. The van der Waals surface area contributed by atoms with Gasteiger partial charge in [-0.05, 0) is 51.7 Å². The fourth-order valence-electron chi connectivity index (χ4n) is 4.52. The fourth-order valence-corrected chi connectivity index (χ4v) is 4.52. The lowest BCUT2D eigenvalue weighted by molar-refractivity contribution is 0.925. The first kappa shape index (κ1) is 23.8. The SMILES string of the molecule is CN(Cc1ccc(-c2cc3ccccc3cc2C(N)=NC(=N)c2ccccc2)cc1)c1ccccc1N. The highest BCUT2D eigenvalue weighted by molar-refractivity contribution is 6.14. The summed E-state index contributed by atoms with van der Waals surface area (Å²) in [6.45, 7) is 0.733. The highest BCUT2D eigenvalue weighted by Gasteiger charge is 2.13. The van der Waals surface area contributed by atoms with E-state index in [1.807, 2.05) is 73.8 Å². The maximum absolute atomic E-state index is 8.45. The van der Waals surface area contributed by atoms with E-state index < -0.39 is 0 Å². The standard InChI is InChI=1S/C32H29N5/c1-37(30-14-8-7-13-29(30)33)21-22-15-17-23(18-16-22)27-19-25-11-5-6-12-26(25)20-28(27)32(35)36-31(34)24-9-3-2-4-10-24/h2-20H,21,33H2,1H3,(H3,34,35,36). The summed E-state index contributed by atoms with van der Waals surface area (Å²) in [6.07, 6.45) is 0. The Morgan fingerprint density at radius 1 is 0.784 bits per heavy atom. The van der Waals surface area contributed by atoms with Crippen LogP contribution >= 0.6 is 0 Å². The van der Waals surface area contributed by atoms with Crippen molar-refractivity contribution in [2.45, 2.75) is 6.54 Å². The minimum Gasteiger partial charge on any atom is -0.397 e. The summed E-state index contributed by atoms with van der Waals surface area (Å²) in [7, 11) is 2.04. The van der Waals surface area contributed by atoms with Crippen molar-refractivity contribution < 1.29 is 0 Å². The van der Waals surface area contributed by atoms with Gasteiger partial charge in [-0.2, -0.15) is 0 Å². The summed E-state index contributed by atoms with van der Waals surface area (Å²) < 4.78 is 0. The van der Waals surface area contributed by atoms with Crippen LogP contribution in [0.3, 0.4) is 0 Å². The summed E-state index contributed by atoms with van der Waals surface area (Å²) >= 11 is 0. The third-order valence-electron chi connectivity index (χ3n) is 6.47. The van der Waals surface area contributed by atoms with Crippen LogP contribution < -0.4 is 16.4 Å². The van der Waals surface area contributed by atoms with Crippen molar-refractivity contribution in [3.8, 4) is 11.1 Å². The zero-order valence-corrected chi connectivity index (χ0v) is 20.7. The number of benzene rings is 5. The number of fused-ring (bicyclic) bond motifs is 1. The van der Waals surface area contributed by atoms with Crippen molar-refractivity contribution in [3.63, 3.8) is 0 Å². The van der Waals surface area contributed by atoms with Gasteiger partial charge < -0.3 is 16.4 Å². The van der Waals surface area contributed by atoms with E-state index in [0.29, 0.717) is 5.84 Å². The minimum atomic E-state index is 0.135. The summed E-state index contributed by atoms with van der Waals surface area (Å²) in [6, 6.07) is 38.2. The number of nitrogens with one attached hydrogen (secondary N) is 1. The Labute approximate surface area is 217 Å². The van der Waals surface area contributed by atoms with E-state index in [4.69, 9.17) is 16.9 Å². The first-order valence-electron chi connectivity index (χ1n) is 12.2. The van der Waals surface area contributed by atoms with E-state index in [2.05, 4.69) is 58.4 Å². The molecular formula is C32H29N5. The maximum atomic E-state index is 8.45. The number of para-hydroxylation sites is 2. The van der Waals surface area contributed by atoms with Gasteiger partial charge in [-0.15, -0.1) is 0 Å². The minimum absolute atomic E-state index is 0.135. The van der Waals surface area contributed by atoms with Gasteiger partial charge in [0.1, 0.15) is 5.84 Å². The molecule has 182 valence electrons. The van der Waals surface area contributed by atoms with Crippen LogP contribution in [-0.2, 0) is 6.54 Å². The third kappa shape index (κ3) is 5.21. The molecule has 5 N–H and O–H groups in total. The number of amidine groups is 2. The highest BCUT2D eigenvalue weighted by atomic mass is 15.1. The largest absolute Gasteiger partial charge is 0.397 e. The molecule has 0 saturated heterocycles. The van der Waals surface area contributed by atoms with Crippen molar-refractivity contribution in [2.24, 2.45) is 10.7 Å². The fraction of sp³-hybridized carbons (Fsp3) is 0.0625. The molecule has 0 atom stereocenters. The number of hydrogen-bond donors (Lipinski definition) is 3. The smallest absolute Gasteiger partial charge is 0.154 e. The van der Waals surface area contributed by atoms with Crippen LogP contribution in [0.25, 0.3) is 21.9 Å². The molecule has 0 bridgehead atoms. The molecule has 5 aromatic carbocycles. The van der Waals surface area contributed by atoms with Gasteiger partial charge in [0.15, 0.2) is 5.84 Å². The zero-order chi connectivity index (χ0) is 25.8. The molecule has 5 nitrogen and oxygen atoms in total. The molecule has 0 spiro atoms. The molecule has 0 amide bonds. The van der Waals surface area contributed by atoms with E-state index in [-0.39, 0.29) is 5.84 Å². The summed E-state index contributed by atoms with van der Waals surface area (Å²) in [5, 5.41) is 10.6. The molecule has 0 radical (unpaired) electrons. The van der Waals surface area contributed by atoms with Gasteiger partial charge in [0.2, 0.25) is 0 Å². The predicted molar refractivity (Wildman–Crippen MR) is 156 cm³/mol. The van der Waals surface area contributed by atoms with E-state index in [0.717, 1.165) is 50.9 Å². The van der Waals surface area contributed by atoms with Crippen LogP contribution in [0.5, 0.6) is 0 Å². The maximum Gasteiger partial charge on any atom is 0.154 e. The molecule has 0 aliphatic carbocycles. The zero-order valence-electron chi connectivity index (χ0n) is 20.7. The van der Waals surface area contributed by atoms with Crippen LogP contribution in [0.4, 0.5) is 11.4 Å². The molecular weight excluding hydrogens is 454 g/mol. The van der Waals surface area contributed by atoms with Crippen LogP contribution in [0.2, 0.25) is 0 Å². The normalized spacial score (nSPS) is 11.4. The number of nitrogens with two attached hydrogens (primary N) is 2. The van der Waals surface area contributed by atoms with Crippen molar-refractivity contribution in [1.29, 1.82) is 5.41 Å². The average molecular weight is 484 g/mol. The van der Waals surface area contributed by atoms with Crippen LogP contribution in [-0.4, -0.2) is 18.7 Å². The van der Waals surface area contributed by atoms with Crippen molar-refractivity contribution in [2.75, 3.05) is 17.7 Å². The Morgan fingerprint density at radius 3 is 2.11 bits per heavy atom. The summed E-state index contributed by atoms with van der Waals surface area (Å²) in [5.74, 6) is 0.453. The lowest BCUT2D eigenvalue weighted by Crippen LogP contribution is -2.18. The van der Waals surface area contributed by atoms with E-state index >= 15 is 0 Å². The molecule has 5 heteroatoms. The molecule has 0 aliphatic rings. The van der Waals surface area contributed by atoms with E-state index in [1.165, 1.54) is 5.56 Å². The van der Waals surface area contributed by atoms with Crippen molar-refractivity contribution >= 4 is 33.8 Å². The predicted octanol–water partition coefficient (Wildman–Crippen LogP) is 6.46. The van der Waals surface area contributed by atoms with Gasteiger partial charge in [0.25, 0.3) is 0 Å². The quantitative estimate of drug-likeness (QED) is 0.147. The number of hydrogen-bond acceptors (Lipinski definition) is 3. The van der Waals surface area contributed by atoms with Crippen LogP contribution in [0, 0.1) is 5.41 Å². The van der Waals surface area contributed by atoms with Crippen LogP contribution in [0.1, 0.15) is 16.7 Å². The van der Waals surface area contributed by atoms with Gasteiger partial charge in [-0.25, -0.2) is 4.99 Å². The van der Waals surface area contributed by atoms with Gasteiger partial charge >= 0.3 is 0 Å². The first-order chi connectivity index (χ1) is 18.0. The Bertz CT molecular complexity index is 1590. The second-order valence-electron chi connectivity index (χ2n) is 9.07. The van der Waals surface area contributed by atoms with E-state index in [9.17, 15) is 0 Å². The molecule has 0 heterocycles. The van der Waals surface area contributed by atoms with Crippen molar-refractivity contribution in [1.82, 2.24) is 0 Å². The number of anilines is 2. The summed E-state index contributed by atoms with van der Waals surface area (Å²) in [4.78, 5) is 6.61. The molecule has 5 aromatic rings. The van der Waals surface area contributed by atoms with Gasteiger partial charge in [0.05, 0.1) is 11.4 Å². The Hall–Kier alpha value is -4.90. The molecule has 5 rings (SSSR count). The Balaban J connectivity index is 1.49. The third-order valence-corrected chi connectivity index (χ3v) is 6.47. The van der Waals surface area contributed by atoms with Crippen molar-refractivity contribution in [3.05, 3.63) is 132 Å². The number of nitrogen functional groups attached to an aromatic ring is 1. The lowest BCUT2D eigenvalue weighted by Gasteiger charge is -2.21. The monoisotopic (exact) mass is 483 g/mol. The van der Waals surface area contributed by atoms with E-state index in [1.54, 1.807) is 0 Å². The molecule has 0 saturated carbocycles. The Morgan fingerprint density at radius 2 is 1.41 bits per heavy atom. The molecule has 0 aromatic heterocycles. The second kappa shape index (κ2) is 10.4. The highest BCUT2D eigenvalue weighted by Crippen LogP contribution is 2.30. The number of aliphatic imine (C=N–C) groups is 1. The first-order valence-corrected chi connectivity index (χ1v) is 12.2. The van der Waals surface area contributed by atoms with Crippen LogP contribution in [0.15, 0.2) is 120 Å². The Kier molecular flexibility index (Phi) is 6.68. The van der Waals surface area contributed by atoms with Gasteiger partial charge in [0, 0.05) is 24.7 Å². The molecule has 0 unspecified atom stereocenters. The molecule has 0 fully saturated rings. The molecule has 37 heavy (non-hydrogen) atoms. The van der Waals surface area contributed by atoms with Gasteiger partial charge in [-0.1, -0.05) is 91.0 Å². The second-order valence-corrected chi connectivity index (χ2v) is 9.07. The lowest BCUT2D eigenvalue weighted by atomic mass is 9.94. The number of rotatable bonds is 6.